The summed E-state index contributed by atoms with van der Waals surface area (Å²) in [7, 11) is 3.86. The van der Waals surface area contributed by atoms with Gasteiger partial charge in [-0.1, -0.05) is 6.07 Å². The minimum absolute atomic E-state index is 0.0339. The molecule has 1 aliphatic carbocycles. The fourth-order valence-electron chi connectivity index (χ4n) is 9.09. The molecule has 12 nitrogen and oxygen atoms in total. The van der Waals surface area contributed by atoms with Crippen LogP contribution in [-0.4, -0.2) is 104 Å². The number of rotatable bonds is 7. The number of likely N-dealkylation sites (N-methyl/N-ethyl adjacent to an activating group) is 1. The first-order valence-electron chi connectivity index (χ1n) is 17.6. The number of aromatic nitrogens is 6. The number of aryl methyl sites for hydroxylation is 1. The quantitative estimate of drug-likeness (QED) is 0.272. The molecule has 1 spiro atoms. The first-order chi connectivity index (χ1) is 23.9. The maximum atomic E-state index is 14.4. The van der Waals surface area contributed by atoms with Gasteiger partial charge in [0.2, 0.25) is 5.91 Å². The fraction of sp³-hybridized carbons (Fsp3) is 0.486. The smallest absolute Gasteiger partial charge is 0.237 e. The van der Waals surface area contributed by atoms with Crippen LogP contribution in [0.2, 0.25) is 0 Å². The van der Waals surface area contributed by atoms with Crippen LogP contribution in [0.1, 0.15) is 44.1 Å². The molecule has 7 heterocycles. The van der Waals surface area contributed by atoms with Gasteiger partial charge in [-0.15, -0.1) is 0 Å². The van der Waals surface area contributed by atoms with E-state index in [1.807, 2.05) is 46.9 Å². The summed E-state index contributed by atoms with van der Waals surface area (Å²) in [6, 6.07) is 8.95. The number of nitrogens with one attached hydrogen (secondary N) is 1. The van der Waals surface area contributed by atoms with Gasteiger partial charge in [-0.2, -0.15) is 15.5 Å². The van der Waals surface area contributed by atoms with Crippen LogP contribution in [0.4, 0.5) is 5.69 Å². The largest absolute Gasteiger partial charge is 0.379 e. The van der Waals surface area contributed by atoms with Gasteiger partial charge in [0.15, 0.2) is 0 Å². The lowest BCUT2D eigenvalue weighted by molar-refractivity contribution is -0.126. The molecule has 1 amide bonds. The number of pyridine rings is 1. The Balaban J connectivity index is 1.17. The molecule has 12 heteroatoms. The van der Waals surface area contributed by atoms with Crippen LogP contribution in [-0.2, 0) is 28.5 Å². The molecular weight excluding hydrogens is 616 g/mol. The van der Waals surface area contributed by atoms with E-state index in [2.05, 4.69) is 50.3 Å². The van der Waals surface area contributed by atoms with Gasteiger partial charge in [-0.05, 0) is 49.8 Å². The van der Waals surface area contributed by atoms with Crippen molar-refractivity contribution in [3.05, 3.63) is 48.5 Å². The van der Waals surface area contributed by atoms with Crippen molar-refractivity contribution in [1.82, 2.24) is 39.3 Å². The van der Waals surface area contributed by atoms with E-state index < -0.39 is 5.41 Å². The molecule has 2 saturated heterocycles. The number of aromatic amines is 1. The third kappa shape index (κ3) is 4.66. The Bertz CT molecular complexity index is 2120. The number of amides is 1. The Morgan fingerprint density at radius 1 is 0.980 bits per heavy atom. The Morgan fingerprint density at radius 3 is 2.55 bits per heavy atom. The van der Waals surface area contributed by atoms with Gasteiger partial charge in [0.1, 0.15) is 5.65 Å². The number of carbonyl (C=O) groups is 1. The van der Waals surface area contributed by atoms with Crippen molar-refractivity contribution in [3.8, 4) is 28.5 Å². The summed E-state index contributed by atoms with van der Waals surface area (Å²) < 4.78 is 9.45. The fourth-order valence-corrected chi connectivity index (χ4v) is 9.09. The van der Waals surface area contributed by atoms with E-state index in [1.54, 1.807) is 0 Å². The summed E-state index contributed by atoms with van der Waals surface area (Å²) in [6.07, 6.45) is 13.1. The molecule has 1 N–H and O–H groups in total. The van der Waals surface area contributed by atoms with Gasteiger partial charge in [-0.25, -0.2) is 4.98 Å². The van der Waals surface area contributed by atoms with Crippen LogP contribution in [0.25, 0.3) is 44.3 Å². The number of nitriles is 1. The highest BCUT2D eigenvalue weighted by Crippen LogP contribution is 2.55. The number of piperidine rings is 1. The van der Waals surface area contributed by atoms with E-state index in [-0.39, 0.29) is 11.4 Å². The lowest BCUT2D eigenvalue weighted by Gasteiger charge is -2.53. The zero-order valence-electron chi connectivity index (χ0n) is 28.3. The highest BCUT2D eigenvalue weighted by Gasteiger charge is 2.55. The van der Waals surface area contributed by atoms with Gasteiger partial charge < -0.3 is 14.6 Å². The third-order valence-electron chi connectivity index (χ3n) is 12.0. The number of ether oxygens (including phenoxy) is 1. The van der Waals surface area contributed by atoms with Crippen molar-refractivity contribution < 1.29 is 9.53 Å². The first-order valence-corrected chi connectivity index (χ1v) is 17.6. The Labute approximate surface area is 285 Å². The third-order valence-corrected chi connectivity index (χ3v) is 12.0. The highest BCUT2D eigenvalue weighted by molar-refractivity contribution is 6.16. The molecular formula is C37H42N10O2. The van der Waals surface area contributed by atoms with E-state index >= 15 is 0 Å². The first kappa shape index (κ1) is 30.5. The Hall–Kier alpha value is -4.57. The number of hydrogen-bond acceptors (Lipinski definition) is 8. The van der Waals surface area contributed by atoms with Gasteiger partial charge in [0.05, 0.1) is 73.2 Å². The molecule has 9 rings (SSSR count). The molecule has 0 unspecified atom stereocenters. The molecule has 4 aliphatic rings. The highest BCUT2D eigenvalue weighted by atomic mass is 16.5. The van der Waals surface area contributed by atoms with E-state index in [0.717, 1.165) is 134 Å². The molecule has 3 aliphatic heterocycles. The van der Waals surface area contributed by atoms with Gasteiger partial charge in [0, 0.05) is 86.0 Å². The lowest BCUT2D eigenvalue weighted by atomic mass is 9.68. The summed E-state index contributed by atoms with van der Waals surface area (Å²) in [6.45, 7) is 6.75. The van der Waals surface area contributed by atoms with Gasteiger partial charge >= 0.3 is 0 Å². The van der Waals surface area contributed by atoms with Crippen LogP contribution in [0.5, 0.6) is 0 Å². The van der Waals surface area contributed by atoms with Crippen LogP contribution in [0, 0.1) is 11.3 Å². The molecule has 1 saturated carbocycles. The number of likely N-dealkylation sites (tertiary alicyclic amines) is 1. The van der Waals surface area contributed by atoms with Crippen molar-refractivity contribution in [2.45, 2.75) is 56.0 Å². The molecule has 3 fully saturated rings. The zero-order chi connectivity index (χ0) is 33.3. The number of carbonyl (C=O) groups excluding carboxylic acids is 1. The summed E-state index contributed by atoms with van der Waals surface area (Å²) in [5.41, 5.74) is 7.15. The van der Waals surface area contributed by atoms with Gasteiger partial charge in [0.25, 0.3) is 0 Å². The SMILES string of the molecule is CN1C(=O)C2(CCN(C3(CC#N)CCC3)CC2)c2c1cnc1[nH]c(-c3cnn(CCN4CCOCC4)c3)c(-c3ccc4c(cnn4C)c3)c21. The van der Waals surface area contributed by atoms with Crippen LogP contribution in [0.15, 0.2) is 43.0 Å². The van der Waals surface area contributed by atoms with E-state index in [4.69, 9.17) is 14.8 Å². The number of fused-ring (bicyclic) bond motifs is 5. The predicted molar refractivity (Wildman–Crippen MR) is 187 cm³/mol. The summed E-state index contributed by atoms with van der Waals surface area (Å²) in [4.78, 5) is 29.9. The Kier molecular flexibility index (Phi) is 7.16. The second kappa shape index (κ2) is 11.5. The monoisotopic (exact) mass is 658 g/mol. The number of benzene rings is 1. The molecule has 0 radical (unpaired) electrons. The number of hydrogen-bond donors (Lipinski definition) is 1. The molecule has 252 valence electrons. The van der Waals surface area contributed by atoms with Crippen LogP contribution < -0.4 is 4.90 Å². The average Bonchev–Trinajstić information content (AvgIpc) is 3.88. The zero-order valence-corrected chi connectivity index (χ0v) is 28.3. The van der Waals surface area contributed by atoms with Crippen LogP contribution in [0.3, 0.4) is 0 Å². The molecule has 4 aromatic heterocycles. The van der Waals surface area contributed by atoms with E-state index in [0.29, 0.717) is 6.42 Å². The van der Waals surface area contributed by atoms with Crippen molar-refractivity contribution in [2.24, 2.45) is 7.05 Å². The van der Waals surface area contributed by atoms with Crippen molar-refractivity contribution in [3.63, 3.8) is 0 Å². The number of H-pyrrole nitrogens is 1. The van der Waals surface area contributed by atoms with Crippen molar-refractivity contribution >= 4 is 33.5 Å². The van der Waals surface area contributed by atoms with Crippen LogP contribution >= 0.6 is 0 Å². The van der Waals surface area contributed by atoms with E-state index in [9.17, 15) is 10.1 Å². The second-order valence-electron chi connectivity index (χ2n) is 14.5. The topological polar surface area (TPSA) is 124 Å². The molecule has 0 atom stereocenters. The van der Waals surface area contributed by atoms with Crippen molar-refractivity contribution in [2.75, 3.05) is 57.9 Å². The number of nitrogens with zero attached hydrogens (tertiary/aromatic N) is 9. The summed E-state index contributed by atoms with van der Waals surface area (Å²) in [5.74, 6) is 0.145. The minimum Gasteiger partial charge on any atom is -0.379 e. The van der Waals surface area contributed by atoms with Crippen molar-refractivity contribution in [1.29, 1.82) is 5.26 Å². The average molecular weight is 659 g/mol. The maximum absolute atomic E-state index is 14.4. The minimum atomic E-state index is -0.658. The number of morpholine rings is 1. The summed E-state index contributed by atoms with van der Waals surface area (Å²) >= 11 is 0. The summed E-state index contributed by atoms with van der Waals surface area (Å²) in [5, 5.41) is 21.0. The molecule has 0 bridgehead atoms. The molecule has 1 aromatic carbocycles. The molecule has 49 heavy (non-hydrogen) atoms. The lowest BCUT2D eigenvalue weighted by Crippen LogP contribution is -2.59. The van der Waals surface area contributed by atoms with Gasteiger partial charge in [-0.3, -0.25) is 24.0 Å². The standard InChI is InChI=1S/C37H42N10O2/c1-43-29-23-39-34-31(32(29)37(35(43)48)9-12-46(13-10-37)36(8-11-38)6-3-7-36)30(25-4-5-28-26(20-25)21-40-44(28)2)33(42-34)27-22-41-47(24-27)15-14-45-16-18-49-19-17-45/h4-5,20-24H,3,6-10,12-19H2,1-2H3,(H,39,42). The number of anilines is 1. The Morgan fingerprint density at radius 2 is 1.80 bits per heavy atom. The maximum Gasteiger partial charge on any atom is 0.237 e. The second-order valence-corrected chi connectivity index (χ2v) is 14.5. The predicted octanol–water partition coefficient (Wildman–Crippen LogP) is 4.46. The van der Waals surface area contributed by atoms with E-state index in [1.165, 1.54) is 6.42 Å². The molecule has 5 aromatic rings. The normalized spacial score (nSPS) is 20.7.